The molecule has 1 aliphatic rings. The van der Waals surface area contributed by atoms with Crippen LogP contribution in [0.1, 0.15) is 28.7 Å². The third-order valence-corrected chi connectivity index (χ3v) is 8.20. The fourth-order valence-corrected chi connectivity index (χ4v) is 6.19. The Hall–Kier alpha value is -5.28. The third-order valence-electron chi connectivity index (χ3n) is 8.20. The van der Waals surface area contributed by atoms with Gasteiger partial charge in [0.25, 0.3) is 0 Å². The summed E-state index contributed by atoms with van der Waals surface area (Å²) in [5.74, 6) is 1.05. The normalized spacial score (nSPS) is 13.5. The number of benzene rings is 6. The van der Waals surface area contributed by atoms with Crippen LogP contribution in [0, 0.1) is 0 Å². The van der Waals surface area contributed by atoms with E-state index >= 15 is 0 Å². The highest BCUT2D eigenvalue weighted by molar-refractivity contribution is 6.14. The highest BCUT2D eigenvalue weighted by atomic mass is 14.9. The highest BCUT2D eigenvalue weighted by Gasteiger charge is 2.16. The van der Waals surface area contributed by atoms with Gasteiger partial charge < -0.3 is 5.73 Å². The number of fused-ring (bicyclic) bond motifs is 6. The van der Waals surface area contributed by atoms with Gasteiger partial charge in [-0.25, -0.2) is 4.99 Å². The van der Waals surface area contributed by atoms with E-state index in [4.69, 9.17) is 5.73 Å². The van der Waals surface area contributed by atoms with Crippen LogP contribution in [0.3, 0.4) is 0 Å². The molecule has 0 amide bonds. The van der Waals surface area contributed by atoms with Crippen molar-refractivity contribution in [2.24, 2.45) is 15.7 Å². The number of aryl methyl sites for hydroxylation is 1. The van der Waals surface area contributed by atoms with Gasteiger partial charge in [0.1, 0.15) is 5.84 Å². The van der Waals surface area contributed by atoms with Gasteiger partial charge in [-0.3, -0.25) is 4.99 Å². The molecule has 3 heteroatoms. The maximum Gasteiger partial charge on any atom is 0.156 e. The zero-order valence-electron chi connectivity index (χ0n) is 23.6. The van der Waals surface area contributed by atoms with Crippen LogP contribution in [0.15, 0.2) is 137 Å². The molecule has 0 aliphatic heterocycles. The molecule has 6 aromatic rings. The highest BCUT2D eigenvalue weighted by Crippen LogP contribution is 2.40. The largest absolute Gasteiger partial charge is 0.383 e. The maximum absolute atomic E-state index is 6.35. The second-order valence-corrected chi connectivity index (χ2v) is 10.7. The SMILES string of the molecule is CN=C(N=C(N)c1ccccc1)c1cccc(-c2ccccc2-c2ccc3c4c(c5ccccc5c3c2)CCC=C4)c1. The maximum atomic E-state index is 6.35. The van der Waals surface area contributed by atoms with E-state index in [0.717, 1.165) is 35.1 Å². The summed E-state index contributed by atoms with van der Waals surface area (Å²) in [5.41, 5.74) is 15.6. The summed E-state index contributed by atoms with van der Waals surface area (Å²) >= 11 is 0. The lowest BCUT2D eigenvalue weighted by atomic mass is 9.85. The Labute approximate surface area is 246 Å². The average molecular weight is 542 g/mol. The number of amidine groups is 2. The van der Waals surface area contributed by atoms with Crippen LogP contribution < -0.4 is 5.73 Å². The quantitative estimate of drug-likeness (QED) is 0.135. The Bertz CT molecular complexity index is 2050. The smallest absolute Gasteiger partial charge is 0.156 e. The molecule has 6 aromatic carbocycles. The first-order valence-corrected chi connectivity index (χ1v) is 14.4. The summed E-state index contributed by atoms with van der Waals surface area (Å²) in [7, 11) is 1.75. The summed E-state index contributed by atoms with van der Waals surface area (Å²) in [6.07, 6.45) is 6.81. The van der Waals surface area contributed by atoms with E-state index in [2.05, 4.69) is 107 Å². The van der Waals surface area contributed by atoms with E-state index in [1.165, 1.54) is 43.8 Å². The summed E-state index contributed by atoms with van der Waals surface area (Å²) < 4.78 is 0. The summed E-state index contributed by atoms with van der Waals surface area (Å²) in [4.78, 5) is 9.17. The molecule has 0 aromatic heterocycles. The Kier molecular flexibility index (Phi) is 6.69. The fourth-order valence-electron chi connectivity index (χ4n) is 6.19. The Morgan fingerprint density at radius 3 is 2.10 bits per heavy atom. The molecule has 0 heterocycles. The van der Waals surface area contributed by atoms with Crippen LogP contribution in [0.4, 0.5) is 0 Å². The van der Waals surface area contributed by atoms with Crippen molar-refractivity contribution in [1.29, 1.82) is 0 Å². The number of nitrogens with two attached hydrogens (primary N) is 1. The molecule has 0 bridgehead atoms. The number of aliphatic imine (C=N–C) groups is 2. The number of hydrogen-bond acceptors (Lipinski definition) is 1. The molecule has 0 saturated carbocycles. The molecule has 42 heavy (non-hydrogen) atoms. The number of nitrogens with zero attached hydrogens (tertiary/aromatic N) is 2. The third kappa shape index (κ3) is 4.59. The monoisotopic (exact) mass is 541 g/mol. The van der Waals surface area contributed by atoms with Crippen molar-refractivity contribution in [2.45, 2.75) is 12.8 Å². The zero-order valence-corrected chi connectivity index (χ0v) is 23.6. The van der Waals surface area contributed by atoms with E-state index in [1.54, 1.807) is 7.05 Å². The van der Waals surface area contributed by atoms with Gasteiger partial charge in [0, 0.05) is 18.2 Å². The number of rotatable bonds is 4. The first kappa shape index (κ1) is 25.7. The van der Waals surface area contributed by atoms with Crippen LogP contribution in [0.25, 0.3) is 49.9 Å². The summed E-state index contributed by atoms with van der Waals surface area (Å²) in [5, 5.41) is 5.30. The van der Waals surface area contributed by atoms with Crippen molar-refractivity contribution in [3.63, 3.8) is 0 Å². The minimum atomic E-state index is 0.447. The van der Waals surface area contributed by atoms with Crippen LogP contribution in [-0.4, -0.2) is 18.7 Å². The molecular weight excluding hydrogens is 510 g/mol. The van der Waals surface area contributed by atoms with Crippen LogP contribution in [0.2, 0.25) is 0 Å². The molecule has 7 rings (SSSR count). The van der Waals surface area contributed by atoms with E-state index in [9.17, 15) is 0 Å². The van der Waals surface area contributed by atoms with Crippen molar-refractivity contribution in [3.05, 3.63) is 150 Å². The molecule has 2 N–H and O–H groups in total. The van der Waals surface area contributed by atoms with Gasteiger partial charge in [-0.2, -0.15) is 0 Å². The van der Waals surface area contributed by atoms with Gasteiger partial charge in [0.2, 0.25) is 0 Å². The van der Waals surface area contributed by atoms with Crippen molar-refractivity contribution in [2.75, 3.05) is 7.05 Å². The minimum Gasteiger partial charge on any atom is -0.383 e. The summed E-state index contributed by atoms with van der Waals surface area (Å²) in [6.45, 7) is 0. The molecule has 0 spiro atoms. The molecule has 0 fully saturated rings. The molecule has 0 radical (unpaired) electrons. The lowest BCUT2D eigenvalue weighted by molar-refractivity contribution is 1.00. The van der Waals surface area contributed by atoms with Gasteiger partial charge in [0.05, 0.1) is 0 Å². The van der Waals surface area contributed by atoms with E-state index in [-0.39, 0.29) is 0 Å². The van der Waals surface area contributed by atoms with E-state index in [1.807, 2.05) is 36.4 Å². The Balaban J connectivity index is 1.34. The first-order valence-electron chi connectivity index (χ1n) is 14.4. The van der Waals surface area contributed by atoms with E-state index in [0.29, 0.717) is 11.7 Å². The second-order valence-electron chi connectivity index (χ2n) is 10.7. The molecule has 0 unspecified atom stereocenters. The molecule has 0 atom stereocenters. The van der Waals surface area contributed by atoms with Crippen LogP contribution >= 0.6 is 0 Å². The zero-order chi connectivity index (χ0) is 28.5. The molecule has 1 aliphatic carbocycles. The topological polar surface area (TPSA) is 50.7 Å². The molecule has 3 nitrogen and oxygen atoms in total. The molecular formula is C39H31N3. The van der Waals surface area contributed by atoms with Crippen LogP contribution in [0.5, 0.6) is 0 Å². The minimum absolute atomic E-state index is 0.447. The average Bonchev–Trinajstić information content (AvgIpc) is 3.07. The Morgan fingerprint density at radius 1 is 0.619 bits per heavy atom. The van der Waals surface area contributed by atoms with Crippen molar-refractivity contribution in [3.8, 4) is 22.3 Å². The molecule has 202 valence electrons. The van der Waals surface area contributed by atoms with Gasteiger partial charge in [-0.05, 0) is 79.9 Å². The van der Waals surface area contributed by atoms with Crippen LogP contribution in [-0.2, 0) is 6.42 Å². The van der Waals surface area contributed by atoms with Gasteiger partial charge in [-0.15, -0.1) is 0 Å². The van der Waals surface area contributed by atoms with Gasteiger partial charge >= 0.3 is 0 Å². The van der Waals surface area contributed by atoms with Crippen molar-refractivity contribution < 1.29 is 0 Å². The number of allylic oxidation sites excluding steroid dienone is 1. The summed E-state index contributed by atoms with van der Waals surface area (Å²) in [6, 6.07) is 42.6. The predicted octanol–water partition coefficient (Wildman–Crippen LogP) is 9.07. The fraction of sp³-hybridized carbons (Fsp3) is 0.0769. The number of hydrogen-bond donors (Lipinski definition) is 1. The lowest BCUT2D eigenvalue weighted by Gasteiger charge is -2.19. The first-order chi connectivity index (χ1) is 20.7. The predicted molar refractivity (Wildman–Crippen MR) is 179 cm³/mol. The van der Waals surface area contributed by atoms with Crippen molar-refractivity contribution >= 4 is 39.3 Å². The van der Waals surface area contributed by atoms with E-state index < -0.39 is 0 Å². The standard InChI is InChI=1S/C39H31N3/c1-41-39(42-38(40)26-12-3-2-4-13-26)29-15-11-14-27(24-29)30-16-5-6-17-31(30)28-22-23-36-34-20-8-7-18-32(34)33-19-9-10-21-35(33)37(36)25-28/h2-6,8-17,19-25H,7,18H2,1H3,(H2,40,41,42). The van der Waals surface area contributed by atoms with Gasteiger partial charge in [0.15, 0.2) is 5.84 Å². The van der Waals surface area contributed by atoms with Crippen molar-refractivity contribution in [1.82, 2.24) is 0 Å². The second kappa shape index (κ2) is 10.9. The van der Waals surface area contributed by atoms with Gasteiger partial charge in [-0.1, -0.05) is 121 Å². The molecule has 0 saturated heterocycles. The Morgan fingerprint density at radius 2 is 1.31 bits per heavy atom. The lowest BCUT2D eigenvalue weighted by Crippen LogP contribution is -2.16.